The van der Waals surface area contributed by atoms with E-state index in [2.05, 4.69) is 38.6 Å². The molecule has 2 fully saturated rings. The summed E-state index contributed by atoms with van der Waals surface area (Å²) in [5.41, 5.74) is 2.38. The lowest BCUT2D eigenvalue weighted by molar-refractivity contribution is 0.0261. The van der Waals surface area contributed by atoms with Crippen molar-refractivity contribution in [2.75, 3.05) is 7.11 Å². The number of nitrogens with zero attached hydrogens (tertiary/aromatic N) is 1. The van der Waals surface area contributed by atoms with Crippen LogP contribution in [-0.2, 0) is 4.74 Å². The fourth-order valence-corrected chi connectivity index (χ4v) is 7.15. The van der Waals surface area contributed by atoms with Gasteiger partial charge in [-0.3, -0.25) is 4.90 Å². The molecule has 4 rings (SSSR count). The third-order valence-corrected chi connectivity index (χ3v) is 8.81. The predicted octanol–water partition coefficient (Wildman–Crippen LogP) is 8.83. The maximum atomic E-state index is 13.4. The molecule has 1 amide bonds. The fraction of sp³-hybridized carbons (Fsp3) is 0.500. The van der Waals surface area contributed by atoms with Crippen molar-refractivity contribution >= 4 is 29.3 Å². The molecular weight excluding hydrogens is 493 g/mol. The van der Waals surface area contributed by atoms with Crippen LogP contribution in [0.1, 0.15) is 76.8 Å². The Labute approximate surface area is 225 Å². The van der Waals surface area contributed by atoms with Crippen LogP contribution in [0.5, 0.6) is 5.75 Å². The summed E-state index contributed by atoms with van der Waals surface area (Å²) in [4.78, 5) is 15.3. The monoisotopic (exact) mass is 529 g/mol. The zero-order chi connectivity index (χ0) is 26.4. The molecule has 6 heteroatoms. The molecule has 2 aliphatic rings. The summed E-state index contributed by atoms with van der Waals surface area (Å²) in [6.45, 7) is 14.5. The average Bonchev–Trinajstić information content (AvgIpc) is 3.05. The molecule has 0 N–H and O–H groups in total. The normalized spacial score (nSPS) is 28.1. The van der Waals surface area contributed by atoms with Crippen LogP contribution in [0.2, 0.25) is 10.0 Å². The van der Waals surface area contributed by atoms with Gasteiger partial charge in [-0.15, -0.1) is 0 Å². The molecule has 194 valence electrons. The number of likely N-dealkylation sites (tertiary alicyclic amines) is 1. The highest BCUT2D eigenvalue weighted by Gasteiger charge is 2.61. The number of halogens is 2. The van der Waals surface area contributed by atoms with Gasteiger partial charge in [0.25, 0.3) is 0 Å². The van der Waals surface area contributed by atoms with Crippen molar-refractivity contribution < 1.29 is 14.3 Å². The molecule has 0 radical (unpaired) electrons. The van der Waals surface area contributed by atoms with Gasteiger partial charge in [-0.25, -0.2) is 4.79 Å². The van der Waals surface area contributed by atoms with E-state index in [1.54, 1.807) is 7.11 Å². The first-order valence-electron chi connectivity index (χ1n) is 12.7. The van der Waals surface area contributed by atoms with Gasteiger partial charge in [0.05, 0.1) is 7.11 Å². The number of benzene rings is 2. The number of hydrogen-bond donors (Lipinski definition) is 0. The van der Waals surface area contributed by atoms with Gasteiger partial charge in [0.1, 0.15) is 11.4 Å². The first-order chi connectivity index (χ1) is 16.9. The molecule has 5 unspecified atom stereocenters. The van der Waals surface area contributed by atoms with E-state index in [-0.39, 0.29) is 35.3 Å². The summed E-state index contributed by atoms with van der Waals surface area (Å²) >= 11 is 13.1. The standard InChI is InChI=1S/C30H37Cl2NO3/c1-8-30-16-15-24(23-14-13-22(35-7)17-25(23)32)26(20-9-11-21(31)12-10-20)27(30)18(2)33(19(30)3)28(34)36-29(4,5)6/h9-14,17-18,24,26-27H,3,8,15-16H2,1-2,4-7H3. The van der Waals surface area contributed by atoms with Crippen LogP contribution >= 0.6 is 23.2 Å². The number of fused-ring (bicyclic) bond motifs is 1. The Kier molecular flexibility index (Phi) is 7.43. The highest BCUT2D eigenvalue weighted by Crippen LogP contribution is 2.65. The summed E-state index contributed by atoms with van der Waals surface area (Å²) in [6.07, 6.45) is 2.43. The van der Waals surface area contributed by atoms with Crippen molar-refractivity contribution in [2.45, 2.75) is 77.4 Å². The van der Waals surface area contributed by atoms with Crippen molar-refractivity contribution in [2.24, 2.45) is 11.3 Å². The molecule has 1 aliphatic heterocycles. The van der Waals surface area contributed by atoms with Crippen molar-refractivity contribution in [3.05, 3.63) is 75.9 Å². The number of carbonyl (C=O) groups excluding carboxylic acids is 1. The maximum absolute atomic E-state index is 13.4. The fourth-order valence-electron chi connectivity index (χ4n) is 6.71. The lowest BCUT2D eigenvalue weighted by atomic mass is 9.54. The molecule has 0 spiro atoms. The highest BCUT2D eigenvalue weighted by molar-refractivity contribution is 6.31. The van der Waals surface area contributed by atoms with Gasteiger partial charge in [0.15, 0.2) is 0 Å². The highest BCUT2D eigenvalue weighted by atomic mass is 35.5. The summed E-state index contributed by atoms with van der Waals surface area (Å²) in [6, 6.07) is 14.0. The lowest BCUT2D eigenvalue weighted by Crippen LogP contribution is -2.43. The van der Waals surface area contributed by atoms with Gasteiger partial charge in [-0.1, -0.05) is 54.9 Å². The third-order valence-electron chi connectivity index (χ3n) is 8.24. The van der Waals surface area contributed by atoms with Crippen LogP contribution in [0.25, 0.3) is 0 Å². The lowest BCUT2D eigenvalue weighted by Gasteiger charge is -2.49. The maximum Gasteiger partial charge on any atom is 0.414 e. The topological polar surface area (TPSA) is 38.8 Å². The van der Waals surface area contributed by atoms with Gasteiger partial charge >= 0.3 is 6.09 Å². The molecule has 4 nitrogen and oxygen atoms in total. The SMILES string of the molecule is C=C1N(C(=O)OC(C)(C)C)C(C)C2C(c3ccc(Cl)cc3)C(c3ccc(OC)cc3Cl)CCC12CC. The minimum Gasteiger partial charge on any atom is -0.497 e. The molecular formula is C30H37Cl2NO3. The number of amides is 1. The summed E-state index contributed by atoms with van der Waals surface area (Å²) in [7, 11) is 1.65. The molecule has 2 aromatic carbocycles. The zero-order valence-corrected chi connectivity index (χ0v) is 23.6. The van der Waals surface area contributed by atoms with E-state index in [1.807, 2.05) is 49.9 Å². The van der Waals surface area contributed by atoms with Gasteiger partial charge in [-0.05, 0) is 100 Å². The summed E-state index contributed by atoms with van der Waals surface area (Å²) < 4.78 is 11.3. The Bertz CT molecular complexity index is 1140. The van der Waals surface area contributed by atoms with Gasteiger partial charge in [0.2, 0.25) is 0 Å². The molecule has 1 saturated carbocycles. The smallest absolute Gasteiger partial charge is 0.414 e. The number of ether oxygens (including phenoxy) is 2. The zero-order valence-electron chi connectivity index (χ0n) is 22.1. The Morgan fingerprint density at radius 3 is 2.39 bits per heavy atom. The Balaban J connectivity index is 1.85. The van der Waals surface area contributed by atoms with Crippen molar-refractivity contribution in [3.8, 4) is 5.75 Å². The molecule has 1 saturated heterocycles. The van der Waals surface area contributed by atoms with E-state index in [1.165, 1.54) is 5.56 Å². The van der Waals surface area contributed by atoms with E-state index < -0.39 is 5.60 Å². The Morgan fingerprint density at radius 2 is 1.83 bits per heavy atom. The first-order valence-corrected chi connectivity index (χ1v) is 13.5. The molecule has 5 atom stereocenters. The second kappa shape index (κ2) is 9.95. The number of allylic oxidation sites excluding steroid dienone is 1. The van der Waals surface area contributed by atoms with Crippen LogP contribution < -0.4 is 4.74 Å². The van der Waals surface area contributed by atoms with Crippen LogP contribution in [0.4, 0.5) is 4.79 Å². The first kappa shape index (κ1) is 26.9. The summed E-state index contributed by atoms with van der Waals surface area (Å²) in [5, 5.41) is 1.41. The second-order valence-corrected chi connectivity index (χ2v) is 12.0. The van der Waals surface area contributed by atoms with E-state index in [9.17, 15) is 4.79 Å². The summed E-state index contributed by atoms with van der Waals surface area (Å²) in [5.74, 6) is 1.16. The van der Waals surface area contributed by atoms with Gasteiger partial charge in [-0.2, -0.15) is 0 Å². The van der Waals surface area contributed by atoms with E-state index in [0.717, 1.165) is 36.3 Å². The van der Waals surface area contributed by atoms with E-state index in [0.29, 0.717) is 10.0 Å². The van der Waals surface area contributed by atoms with Crippen LogP contribution in [0, 0.1) is 11.3 Å². The van der Waals surface area contributed by atoms with Crippen molar-refractivity contribution in [1.82, 2.24) is 4.90 Å². The van der Waals surface area contributed by atoms with Crippen LogP contribution in [-0.4, -0.2) is 29.7 Å². The average molecular weight is 531 g/mol. The molecule has 2 aromatic rings. The Morgan fingerprint density at radius 1 is 1.17 bits per heavy atom. The third kappa shape index (κ3) is 4.63. The molecule has 0 aromatic heterocycles. The minimum atomic E-state index is -0.584. The molecule has 1 heterocycles. The number of methoxy groups -OCH3 is 1. The van der Waals surface area contributed by atoms with E-state index >= 15 is 0 Å². The Hall–Kier alpha value is -2.17. The van der Waals surface area contributed by atoms with Crippen molar-refractivity contribution in [3.63, 3.8) is 0 Å². The minimum absolute atomic E-state index is 0.0900. The number of hydrogen-bond acceptors (Lipinski definition) is 3. The molecule has 1 aliphatic carbocycles. The van der Waals surface area contributed by atoms with Crippen LogP contribution in [0.3, 0.4) is 0 Å². The molecule has 36 heavy (non-hydrogen) atoms. The quantitative estimate of drug-likeness (QED) is 0.396. The number of rotatable bonds is 4. The molecule has 0 bridgehead atoms. The van der Waals surface area contributed by atoms with Gasteiger partial charge < -0.3 is 9.47 Å². The van der Waals surface area contributed by atoms with Crippen molar-refractivity contribution in [1.29, 1.82) is 0 Å². The largest absolute Gasteiger partial charge is 0.497 e. The number of carbonyl (C=O) groups is 1. The predicted molar refractivity (Wildman–Crippen MR) is 147 cm³/mol. The van der Waals surface area contributed by atoms with Gasteiger partial charge in [0, 0.05) is 27.2 Å². The van der Waals surface area contributed by atoms with E-state index in [4.69, 9.17) is 32.7 Å². The second-order valence-electron chi connectivity index (χ2n) is 11.2. The van der Waals surface area contributed by atoms with Crippen LogP contribution in [0.15, 0.2) is 54.7 Å².